The Morgan fingerprint density at radius 1 is 1.12 bits per heavy atom. The molecule has 1 aromatic carbocycles. The first-order valence-corrected chi connectivity index (χ1v) is 6.89. The van der Waals surface area contributed by atoms with Crippen molar-refractivity contribution >= 4 is 34.2 Å². The van der Waals surface area contributed by atoms with E-state index in [1.165, 1.54) is 5.56 Å². The third-order valence-electron chi connectivity index (χ3n) is 2.43. The summed E-state index contributed by atoms with van der Waals surface area (Å²) in [5, 5.41) is 4.13. The molecule has 1 heterocycles. The average molecular weight is 362 g/mol. The monoisotopic (exact) mass is 361 g/mol. The van der Waals surface area contributed by atoms with Crippen LogP contribution in [0, 0.1) is 3.77 Å². The molecule has 17 heavy (non-hydrogen) atoms. The van der Waals surface area contributed by atoms with Gasteiger partial charge in [-0.25, -0.2) is 0 Å². The highest BCUT2D eigenvalue weighted by atomic mass is 127. The molecule has 0 spiro atoms. The van der Waals surface area contributed by atoms with Crippen LogP contribution >= 0.6 is 34.2 Å². The molecule has 0 radical (unpaired) electrons. The average Bonchev–Trinajstić information content (AvgIpc) is 2.73. The third-order valence-corrected chi connectivity index (χ3v) is 3.26. The summed E-state index contributed by atoms with van der Waals surface area (Å²) in [4.78, 5) is 0. The van der Waals surface area contributed by atoms with Crippen LogP contribution in [0.3, 0.4) is 0 Å². The van der Waals surface area contributed by atoms with Crippen molar-refractivity contribution in [1.29, 1.82) is 0 Å². The van der Waals surface area contributed by atoms with E-state index in [-0.39, 0.29) is 0 Å². The molecule has 2 nitrogen and oxygen atoms in total. The molecule has 90 valence electrons. The van der Waals surface area contributed by atoms with Gasteiger partial charge < -0.3 is 9.73 Å². The van der Waals surface area contributed by atoms with Gasteiger partial charge in [0.2, 0.25) is 0 Å². The van der Waals surface area contributed by atoms with Gasteiger partial charge in [-0.3, -0.25) is 0 Å². The van der Waals surface area contributed by atoms with E-state index >= 15 is 0 Å². The Morgan fingerprint density at radius 3 is 2.53 bits per heavy atom. The van der Waals surface area contributed by atoms with Crippen molar-refractivity contribution in [2.75, 3.05) is 6.54 Å². The van der Waals surface area contributed by atoms with Gasteiger partial charge in [0.1, 0.15) is 5.76 Å². The largest absolute Gasteiger partial charge is 0.454 e. The normalized spacial score (nSPS) is 10.7. The fraction of sp³-hybridized carbons (Fsp3) is 0.231. The molecule has 0 fully saturated rings. The van der Waals surface area contributed by atoms with E-state index in [1.54, 1.807) is 0 Å². The van der Waals surface area contributed by atoms with E-state index in [0.717, 1.165) is 34.1 Å². The number of halogens is 2. The van der Waals surface area contributed by atoms with Gasteiger partial charge in [0.05, 0.1) is 6.54 Å². The van der Waals surface area contributed by atoms with Crippen molar-refractivity contribution < 1.29 is 4.42 Å². The first-order chi connectivity index (χ1) is 8.24. The molecule has 0 saturated heterocycles. The molecule has 1 N–H and O–H groups in total. The highest BCUT2D eigenvalue weighted by molar-refractivity contribution is 14.1. The predicted molar refractivity (Wildman–Crippen MR) is 78.3 cm³/mol. The SMILES string of the molecule is Clc1ccc(CCNCc2ccc(I)o2)cc1. The lowest BCUT2D eigenvalue weighted by molar-refractivity contribution is 0.464. The molecule has 2 aromatic rings. The number of benzene rings is 1. The highest BCUT2D eigenvalue weighted by Crippen LogP contribution is 2.11. The minimum atomic E-state index is 0.774. The molecule has 1 aromatic heterocycles. The maximum Gasteiger partial charge on any atom is 0.164 e. The van der Waals surface area contributed by atoms with Gasteiger partial charge >= 0.3 is 0 Å². The van der Waals surface area contributed by atoms with Gasteiger partial charge in [-0.15, -0.1) is 0 Å². The Bertz CT molecular complexity index is 467. The Morgan fingerprint density at radius 2 is 1.88 bits per heavy atom. The molecule has 0 aliphatic carbocycles. The number of rotatable bonds is 5. The molecule has 0 saturated carbocycles. The second kappa shape index (κ2) is 6.42. The molecule has 0 bridgehead atoms. The second-order valence-corrected chi connectivity index (χ2v) is 5.26. The van der Waals surface area contributed by atoms with E-state index in [1.807, 2.05) is 24.3 Å². The Kier molecular flexibility index (Phi) is 4.88. The highest BCUT2D eigenvalue weighted by Gasteiger charge is 1.98. The summed E-state index contributed by atoms with van der Waals surface area (Å²) in [6, 6.07) is 11.9. The zero-order chi connectivity index (χ0) is 12.1. The fourth-order valence-corrected chi connectivity index (χ4v) is 2.13. The topological polar surface area (TPSA) is 25.2 Å². The minimum Gasteiger partial charge on any atom is -0.454 e. The van der Waals surface area contributed by atoms with E-state index in [4.69, 9.17) is 16.0 Å². The Balaban J connectivity index is 1.71. The zero-order valence-corrected chi connectivity index (χ0v) is 12.2. The maximum atomic E-state index is 5.83. The molecule has 0 atom stereocenters. The van der Waals surface area contributed by atoms with Gasteiger partial charge in [-0.05, 0) is 65.4 Å². The molecule has 0 aliphatic rings. The van der Waals surface area contributed by atoms with Crippen molar-refractivity contribution in [3.63, 3.8) is 0 Å². The smallest absolute Gasteiger partial charge is 0.164 e. The van der Waals surface area contributed by atoms with Gasteiger partial charge in [-0.1, -0.05) is 23.7 Å². The van der Waals surface area contributed by atoms with Crippen LogP contribution in [0.25, 0.3) is 0 Å². The van der Waals surface area contributed by atoms with Crippen LogP contribution in [0.1, 0.15) is 11.3 Å². The third kappa shape index (κ3) is 4.33. The van der Waals surface area contributed by atoms with E-state index in [0.29, 0.717) is 0 Å². The summed E-state index contributed by atoms with van der Waals surface area (Å²) in [6.07, 6.45) is 0.995. The number of hydrogen-bond donors (Lipinski definition) is 1. The molecule has 2 rings (SSSR count). The van der Waals surface area contributed by atoms with E-state index in [9.17, 15) is 0 Å². The van der Waals surface area contributed by atoms with Gasteiger partial charge in [0.25, 0.3) is 0 Å². The molecular formula is C13H13ClINO. The first-order valence-electron chi connectivity index (χ1n) is 5.43. The van der Waals surface area contributed by atoms with Crippen LogP contribution in [-0.2, 0) is 13.0 Å². The van der Waals surface area contributed by atoms with Crippen molar-refractivity contribution in [3.8, 4) is 0 Å². The molecule has 0 amide bonds. The van der Waals surface area contributed by atoms with Crippen molar-refractivity contribution in [1.82, 2.24) is 5.32 Å². The van der Waals surface area contributed by atoms with Crippen molar-refractivity contribution in [2.24, 2.45) is 0 Å². The Hall–Kier alpha value is -0.520. The maximum absolute atomic E-state index is 5.83. The summed E-state index contributed by atoms with van der Waals surface area (Å²) < 4.78 is 6.39. The zero-order valence-electron chi connectivity index (χ0n) is 9.25. The summed E-state index contributed by atoms with van der Waals surface area (Å²) >= 11 is 7.99. The van der Waals surface area contributed by atoms with Crippen LogP contribution in [0.2, 0.25) is 5.02 Å². The Labute approximate surface area is 119 Å². The van der Waals surface area contributed by atoms with Crippen molar-refractivity contribution in [2.45, 2.75) is 13.0 Å². The van der Waals surface area contributed by atoms with Crippen LogP contribution in [0.5, 0.6) is 0 Å². The molecular weight excluding hydrogens is 349 g/mol. The summed E-state index contributed by atoms with van der Waals surface area (Å²) in [5.41, 5.74) is 1.29. The number of furan rings is 1. The molecule has 4 heteroatoms. The standard InChI is InChI=1S/C13H13ClINO/c14-11-3-1-10(2-4-11)7-8-16-9-12-5-6-13(15)17-12/h1-6,16H,7-9H2. The predicted octanol–water partition coefficient (Wildman–Crippen LogP) is 3.87. The summed E-state index contributed by atoms with van der Waals surface area (Å²) in [6.45, 7) is 1.70. The summed E-state index contributed by atoms with van der Waals surface area (Å²) in [7, 11) is 0. The van der Waals surface area contributed by atoms with Gasteiger partial charge in [-0.2, -0.15) is 0 Å². The lowest BCUT2D eigenvalue weighted by Gasteiger charge is -2.03. The van der Waals surface area contributed by atoms with Gasteiger partial charge in [0, 0.05) is 5.02 Å². The van der Waals surface area contributed by atoms with Crippen molar-refractivity contribution in [3.05, 3.63) is 56.5 Å². The molecule has 0 unspecified atom stereocenters. The lowest BCUT2D eigenvalue weighted by atomic mass is 10.1. The lowest BCUT2D eigenvalue weighted by Crippen LogP contribution is -2.16. The van der Waals surface area contributed by atoms with Crippen LogP contribution < -0.4 is 5.32 Å². The van der Waals surface area contributed by atoms with Gasteiger partial charge in [0.15, 0.2) is 3.77 Å². The number of hydrogen-bond acceptors (Lipinski definition) is 2. The van der Waals surface area contributed by atoms with Crippen LogP contribution in [-0.4, -0.2) is 6.54 Å². The fourth-order valence-electron chi connectivity index (χ4n) is 1.54. The number of nitrogens with one attached hydrogen (secondary N) is 1. The molecule has 0 aliphatic heterocycles. The van der Waals surface area contributed by atoms with E-state index < -0.39 is 0 Å². The van der Waals surface area contributed by atoms with Crippen LogP contribution in [0.4, 0.5) is 0 Å². The second-order valence-electron chi connectivity index (χ2n) is 3.76. The van der Waals surface area contributed by atoms with Crippen LogP contribution in [0.15, 0.2) is 40.8 Å². The summed E-state index contributed by atoms with van der Waals surface area (Å²) in [5.74, 6) is 0.977. The van der Waals surface area contributed by atoms with E-state index in [2.05, 4.69) is 40.0 Å². The minimum absolute atomic E-state index is 0.774. The first kappa shape index (κ1) is 12.9. The quantitative estimate of drug-likeness (QED) is 0.646.